The van der Waals surface area contributed by atoms with Gasteiger partial charge in [-0.3, -0.25) is 14.4 Å². The molecule has 0 bridgehead atoms. The van der Waals surface area contributed by atoms with Crippen LogP contribution in [-0.4, -0.2) is 31.9 Å². The number of rotatable bonds is 8. The maximum Gasteiger partial charge on any atom is 0.307 e. The van der Waals surface area contributed by atoms with E-state index in [4.69, 9.17) is 9.47 Å². The topological polar surface area (TPSA) is 81.7 Å². The molecular weight excluding hydrogens is 354 g/mol. The summed E-state index contributed by atoms with van der Waals surface area (Å²) in [5.41, 5.74) is 1.12. The number of hydrogen-bond donors (Lipinski definition) is 1. The molecule has 0 spiro atoms. The van der Waals surface area contributed by atoms with E-state index in [2.05, 4.69) is 5.32 Å². The Morgan fingerprint density at radius 2 is 1.96 bits per heavy atom. The smallest absolute Gasteiger partial charge is 0.307 e. The van der Waals surface area contributed by atoms with Gasteiger partial charge in [0.2, 0.25) is 5.91 Å². The lowest BCUT2D eigenvalue weighted by atomic mass is 10.0. The maximum absolute atomic E-state index is 12.5. The highest BCUT2D eigenvalue weighted by Gasteiger charge is 2.21. The van der Waals surface area contributed by atoms with Gasteiger partial charge < -0.3 is 14.8 Å². The quantitative estimate of drug-likeness (QED) is 0.567. The Kier molecular flexibility index (Phi) is 6.91. The van der Waals surface area contributed by atoms with Crippen molar-refractivity contribution < 1.29 is 23.9 Å². The molecule has 1 amide bonds. The molecule has 0 fully saturated rings. The summed E-state index contributed by atoms with van der Waals surface area (Å²) >= 11 is 1.45. The largest absolute Gasteiger partial charge is 0.496 e. The molecule has 0 aliphatic heterocycles. The third kappa shape index (κ3) is 5.16. The molecule has 0 saturated heterocycles. The van der Waals surface area contributed by atoms with Gasteiger partial charge in [-0.2, -0.15) is 0 Å². The molecule has 7 heteroatoms. The molecule has 138 valence electrons. The molecule has 1 aromatic carbocycles. The van der Waals surface area contributed by atoms with Gasteiger partial charge >= 0.3 is 5.97 Å². The van der Waals surface area contributed by atoms with Crippen molar-refractivity contribution >= 4 is 29.0 Å². The number of ether oxygens (including phenoxy) is 2. The van der Waals surface area contributed by atoms with E-state index < -0.39 is 12.0 Å². The second-order valence-corrected chi connectivity index (χ2v) is 6.65. The Balaban J connectivity index is 2.16. The van der Waals surface area contributed by atoms with Crippen LogP contribution in [0.4, 0.5) is 0 Å². The molecule has 2 rings (SSSR count). The molecule has 0 radical (unpaired) electrons. The van der Waals surface area contributed by atoms with E-state index in [1.54, 1.807) is 18.2 Å². The average Bonchev–Trinajstić information content (AvgIpc) is 3.15. The highest BCUT2D eigenvalue weighted by molar-refractivity contribution is 7.10. The van der Waals surface area contributed by atoms with Crippen LogP contribution in [0.3, 0.4) is 0 Å². The fraction of sp³-hybridized carbons (Fsp3) is 0.316. The summed E-state index contributed by atoms with van der Waals surface area (Å²) in [5, 5.41) is 4.74. The highest BCUT2D eigenvalue weighted by Crippen LogP contribution is 2.24. The fourth-order valence-electron chi connectivity index (χ4n) is 2.52. The van der Waals surface area contributed by atoms with Gasteiger partial charge in [-0.15, -0.1) is 11.3 Å². The maximum atomic E-state index is 12.5. The van der Waals surface area contributed by atoms with Crippen molar-refractivity contribution in [1.82, 2.24) is 5.32 Å². The normalized spacial score (nSPS) is 11.5. The SMILES string of the molecule is COC(=O)CC(NC(=O)Cc1cc(C(C)=O)ccc1OC)c1cccs1. The second-order valence-electron chi connectivity index (χ2n) is 5.68. The van der Waals surface area contributed by atoms with Crippen LogP contribution >= 0.6 is 11.3 Å². The number of benzene rings is 1. The molecule has 1 aromatic heterocycles. The van der Waals surface area contributed by atoms with Crippen molar-refractivity contribution in [3.63, 3.8) is 0 Å². The number of hydrogen-bond acceptors (Lipinski definition) is 6. The van der Waals surface area contributed by atoms with Gasteiger partial charge in [0.05, 0.1) is 33.1 Å². The lowest BCUT2D eigenvalue weighted by Crippen LogP contribution is -2.31. The van der Waals surface area contributed by atoms with E-state index in [9.17, 15) is 14.4 Å². The van der Waals surface area contributed by atoms with Gasteiger partial charge in [-0.1, -0.05) is 6.07 Å². The second kappa shape index (κ2) is 9.15. The Morgan fingerprint density at radius 3 is 2.54 bits per heavy atom. The van der Waals surface area contributed by atoms with Crippen molar-refractivity contribution in [2.24, 2.45) is 0 Å². The van der Waals surface area contributed by atoms with E-state index in [-0.39, 0.29) is 24.5 Å². The molecule has 0 saturated carbocycles. The number of Topliss-reactive ketones (excluding diaryl/α,β-unsaturated/α-hetero) is 1. The molecule has 1 N–H and O–H groups in total. The number of amides is 1. The first-order valence-electron chi connectivity index (χ1n) is 8.02. The summed E-state index contributed by atoms with van der Waals surface area (Å²) in [4.78, 5) is 36.6. The average molecular weight is 375 g/mol. The summed E-state index contributed by atoms with van der Waals surface area (Å²) in [5.74, 6) is -0.228. The number of methoxy groups -OCH3 is 2. The third-order valence-electron chi connectivity index (χ3n) is 3.86. The molecule has 0 aliphatic rings. The number of thiophene rings is 1. The van der Waals surface area contributed by atoms with Crippen LogP contribution in [0.15, 0.2) is 35.7 Å². The van der Waals surface area contributed by atoms with Crippen molar-refractivity contribution in [1.29, 1.82) is 0 Å². The van der Waals surface area contributed by atoms with E-state index in [1.807, 2.05) is 17.5 Å². The first-order valence-corrected chi connectivity index (χ1v) is 8.90. The number of esters is 1. The van der Waals surface area contributed by atoms with Gasteiger partial charge in [0.1, 0.15) is 5.75 Å². The molecule has 1 atom stereocenters. The zero-order valence-corrected chi connectivity index (χ0v) is 15.7. The van der Waals surface area contributed by atoms with Crippen molar-refractivity contribution in [3.05, 3.63) is 51.7 Å². The molecule has 6 nitrogen and oxygen atoms in total. The van der Waals surface area contributed by atoms with Crippen molar-refractivity contribution in [2.75, 3.05) is 14.2 Å². The summed E-state index contributed by atoms with van der Waals surface area (Å²) in [6.45, 7) is 1.47. The Morgan fingerprint density at radius 1 is 1.19 bits per heavy atom. The first-order chi connectivity index (χ1) is 12.4. The molecule has 1 heterocycles. The fourth-order valence-corrected chi connectivity index (χ4v) is 3.29. The van der Waals surface area contributed by atoms with E-state index in [1.165, 1.54) is 32.5 Å². The molecule has 2 aromatic rings. The number of carbonyl (C=O) groups is 3. The van der Waals surface area contributed by atoms with E-state index >= 15 is 0 Å². The van der Waals surface area contributed by atoms with Gasteiger partial charge in [0, 0.05) is 16.0 Å². The summed E-state index contributed by atoms with van der Waals surface area (Å²) < 4.78 is 9.99. The van der Waals surface area contributed by atoms with Gasteiger partial charge in [0.15, 0.2) is 5.78 Å². The number of ketones is 1. The van der Waals surface area contributed by atoms with Crippen molar-refractivity contribution in [3.8, 4) is 5.75 Å². The van der Waals surface area contributed by atoms with Crippen LogP contribution in [-0.2, 0) is 20.7 Å². The number of carbonyl (C=O) groups excluding carboxylic acids is 3. The van der Waals surface area contributed by atoms with Crippen molar-refractivity contribution in [2.45, 2.75) is 25.8 Å². The molecular formula is C19H21NO5S. The van der Waals surface area contributed by atoms with Crippen LogP contribution in [0, 0.1) is 0 Å². The Bertz CT molecular complexity index is 785. The van der Waals surface area contributed by atoms with Gasteiger partial charge in [0.25, 0.3) is 0 Å². The number of nitrogens with one attached hydrogen (secondary N) is 1. The predicted molar refractivity (Wildman–Crippen MR) is 98.5 cm³/mol. The van der Waals surface area contributed by atoms with Crippen LogP contribution in [0.25, 0.3) is 0 Å². The van der Waals surface area contributed by atoms with Crippen LogP contribution in [0.2, 0.25) is 0 Å². The lowest BCUT2D eigenvalue weighted by Gasteiger charge is -2.17. The Hall–Kier alpha value is -2.67. The van der Waals surface area contributed by atoms with Gasteiger partial charge in [-0.25, -0.2) is 0 Å². The molecule has 0 aliphatic carbocycles. The summed E-state index contributed by atoms with van der Waals surface area (Å²) in [7, 11) is 2.82. The van der Waals surface area contributed by atoms with E-state index in [0.717, 1.165) is 4.88 Å². The summed E-state index contributed by atoms with van der Waals surface area (Å²) in [6, 6.07) is 8.24. The zero-order valence-electron chi connectivity index (χ0n) is 14.9. The van der Waals surface area contributed by atoms with E-state index in [0.29, 0.717) is 16.9 Å². The first kappa shape index (κ1) is 19.7. The monoisotopic (exact) mass is 375 g/mol. The minimum atomic E-state index is -0.461. The third-order valence-corrected chi connectivity index (χ3v) is 4.84. The molecule has 1 unspecified atom stereocenters. The van der Waals surface area contributed by atoms with Crippen LogP contribution < -0.4 is 10.1 Å². The highest BCUT2D eigenvalue weighted by atomic mass is 32.1. The minimum Gasteiger partial charge on any atom is -0.496 e. The van der Waals surface area contributed by atoms with Crippen LogP contribution in [0.5, 0.6) is 5.75 Å². The van der Waals surface area contributed by atoms with Gasteiger partial charge in [-0.05, 0) is 36.6 Å². The lowest BCUT2D eigenvalue weighted by molar-refractivity contribution is -0.141. The standard InChI is InChI=1S/C19H21NO5S/c1-12(21)13-6-7-16(24-2)14(9-13)10-18(22)20-15(11-19(23)25-3)17-5-4-8-26-17/h4-9,15H,10-11H2,1-3H3,(H,20,22). The summed E-state index contributed by atoms with van der Waals surface area (Å²) in [6.07, 6.45) is 0.0840. The predicted octanol–water partition coefficient (Wildman–Crippen LogP) is 2.92. The zero-order chi connectivity index (χ0) is 19.1. The molecule has 26 heavy (non-hydrogen) atoms. The minimum absolute atomic E-state index is 0.0351. The Labute approximate surface area is 156 Å². The van der Waals surface area contributed by atoms with Crippen LogP contribution in [0.1, 0.15) is 40.2 Å².